The maximum atomic E-state index is 5.75. The first-order valence-electron chi connectivity index (χ1n) is 7.31. The van der Waals surface area contributed by atoms with E-state index in [-0.39, 0.29) is 4.99 Å². The fourth-order valence-corrected chi connectivity index (χ4v) is 2.45. The van der Waals surface area contributed by atoms with E-state index in [1.165, 1.54) is 11.1 Å². The van der Waals surface area contributed by atoms with E-state index in [0.717, 1.165) is 5.75 Å². The molecule has 2 aromatic carbocycles. The maximum absolute atomic E-state index is 5.75. The summed E-state index contributed by atoms with van der Waals surface area (Å²) in [7, 11) is 1.60. The lowest BCUT2D eigenvalue weighted by molar-refractivity contribution is 0.216. The largest absolute Gasteiger partial charge is 0.497 e. The van der Waals surface area contributed by atoms with Gasteiger partial charge in [0.25, 0.3) is 0 Å². The molecule has 0 aliphatic heterocycles. The molecule has 5 heteroatoms. The Balaban J connectivity index is 1.96. The van der Waals surface area contributed by atoms with Gasteiger partial charge in [-0.15, -0.1) is 0 Å². The second-order valence-corrected chi connectivity index (χ2v) is 5.69. The van der Waals surface area contributed by atoms with Crippen LogP contribution in [0.2, 0.25) is 0 Å². The molecule has 0 aliphatic carbocycles. The van der Waals surface area contributed by atoms with E-state index in [1.807, 2.05) is 26.0 Å². The molecule has 0 aromatic heterocycles. The van der Waals surface area contributed by atoms with E-state index in [2.05, 4.69) is 6.07 Å². The van der Waals surface area contributed by atoms with Crippen molar-refractivity contribution in [3.05, 3.63) is 53.1 Å². The summed E-state index contributed by atoms with van der Waals surface area (Å²) in [4.78, 5) is 0.290. The molecule has 0 aliphatic rings. The maximum Gasteiger partial charge on any atom is 0.133 e. The SMILES string of the molecule is COc1ccc(C(N)=S)c(OCCOc2cc(C)cc(C)c2)c1. The van der Waals surface area contributed by atoms with Gasteiger partial charge in [-0.1, -0.05) is 18.3 Å². The average Bonchev–Trinajstić information content (AvgIpc) is 2.50. The Bertz CT molecular complexity index is 680. The lowest BCUT2D eigenvalue weighted by atomic mass is 10.1. The van der Waals surface area contributed by atoms with Crippen molar-refractivity contribution in [2.45, 2.75) is 13.8 Å². The zero-order valence-electron chi connectivity index (χ0n) is 13.6. The van der Waals surface area contributed by atoms with E-state index in [1.54, 1.807) is 25.3 Å². The second kappa shape index (κ2) is 7.83. The predicted molar refractivity (Wildman–Crippen MR) is 95.8 cm³/mol. The number of benzene rings is 2. The molecular weight excluding hydrogens is 310 g/mol. The van der Waals surface area contributed by atoms with Crippen molar-refractivity contribution in [1.82, 2.24) is 0 Å². The summed E-state index contributed by atoms with van der Waals surface area (Å²) in [5, 5.41) is 0. The van der Waals surface area contributed by atoms with Crippen molar-refractivity contribution in [3.8, 4) is 17.2 Å². The topological polar surface area (TPSA) is 53.7 Å². The summed E-state index contributed by atoms with van der Waals surface area (Å²) >= 11 is 5.04. The number of aryl methyl sites for hydroxylation is 2. The number of ether oxygens (including phenoxy) is 3. The van der Waals surface area contributed by atoms with Gasteiger partial charge in [-0.3, -0.25) is 0 Å². The molecule has 0 spiro atoms. The molecule has 2 aromatic rings. The van der Waals surface area contributed by atoms with Crippen LogP contribution >= 0.6 is 12.2 Å². The molecule has 2 N–H and O–H groups in total. The minimum atomic E-state index is 0.290. The van der Waals surface area contributed by atoms with Crippen LogP contribution in [-0.4, -0.2) is 25.3 Å². The van der Waals surface area contributed by atoms with Crippen LogP contribution in [-0.2, 0) is 0 Å². The highest BCUT2D eigenvalue weighted by atomic mass is 32.1. The van der Waals surface area contributed by atoms with Crippen molar-refractivity contribution in [3.63, 3.8) is 0 Å². The summed E-state index contributed by atoms with van der Waals surface area (Å²) in [5.74, 6) is 2.13. The predicted octanol–water partition coefficient (Wildman–Crippen LogP) is 3.40. The molecule has 2 rings (SSSR count). The Kier molecular flexibility index (Phi) is 5.82. The van der Waals surface area contributed by atoms with Crippen LogP contribution in [0.15, 0.2) is 36.4 Å². The second-order valence-electron chi connectivity index (χ2n) is 5.25. The zero-order valence-corrected chi connectivity index (χ0v) is 14.4. The zero-order chi connectivity index (χ0) is 16.8. The van der Waals surface area contributed by atoms with Gasteiger partial charge in [-0.05, 0) is 49.2 Å². The third-order valence-electron chi connectivity index (χ3n) is 3.26. The van der Waals surface area contributed by atoms with Crippen LogP contribution in [0.1, 0.15) is 16.7 Å². The highest BCUT2D eigenvalue weighted by Crippen LogP contribution is 2.25. The van der Waals surface area contributed by atoms with Crippen LogP contribution in [0.3, 0.4) is 0 Å². The highest BCUT2D eigenvalue weighted by Gasteiger charge is 2.08. The van der Waals surface area contributed by atoms with Crippen LogP contribution in [0.25, 0.3) is 0 Å². The van der Waals surface area contributed by atoms with Gasteiger partial charge in [0.15, 0.2) is 0 Å². The molecule has 0 saturated carbocycles. The number of hydrogen-bond donors (Lipinski definition) is 1. The first kappa shape index (κ1) is 17.1. The molecule has 0 heterocycles. The molecular formula is C18H21NO3S. The first-order chi connectivity index (χ1) is 11.0. The van der Waals surface area contributed by atoms with Gasteiger partial charge >= 0.3 is 0 Å². The summed E-state index contributed by atoms with van der Waals surface area (Å²) in [6.45, 7) is 4.90. The van der Waals surface area contributed by atoms with E-state index in [0.29, 0.717) is 30.3 Å². The van der Waals surface area contributed by atoms with E-state index >= 15 is 0 Å². The van der Waals surface area contributed by atoms with Crippen molar-refractivity contribution in [2.24, 2.45) is 5.73 Å². The monoisotopic (exact) mass is 331 g/mol. The van der Waals surface area contributed by atoms with Gasteiger partial charge in [0, 0.05) is 6.07 Å². The molecule has 0 bridgehead atoms. The Morgan fingerprint density at radius 3 is 2.22 bits per heavy atom. The van der Waals surface area contributed by atoms with E-state index in [9.17, 15) is 0 Å². The minimum Gasteiger partial charge on any atom is -0.497 e. The van der Waals surface area contributed by atoms with Crippen LogP contribution in [0.5, 0.6) is 17.2 Å². The van der Waals surface area contributed by atoms with Crippen molar-refractivity contribution in [1.29, 1.82) is 0 Å². The number of methoxy groups -OCH3 is 1. The van der Waals surface area contributed by atoms with Gasteiger partial charge in [0.1, 0.15) is 35.5 Å². The van der Waals surface area contributed by atoms with Crippen molar-refractivity contribution >= 4 is 17.2 Å². The lowest BCUT2D eigenvalue weighted by Gasteiger charge is -2.13. The molecule has 0 fully saturated rings. The number of thiocarbonyl (C=S) groups is 1. The van der Waals surface area contributed by atoms with Crippen LogP contribution in [0.4, 0.5) is 0 Å². The molecule has 0 amide bonds. The van der Waals surface area contributed by atoms with E-state index in [4.69, 9.17) is 32.2 Å². The third-order valence-corrected chi connectivity index (χ3v) is 3.48. The molecule has 23 heavy (non-hydrogen) atoms. The molecule has 0 radical (unpaired) electrons. The molecule has 0 atom stereocenters. The molecule has 4 nitrogen and oxygen atoms in total. The van der Waals surface area contributed by atoms with Gasteiger partial charge in [-0.2, -0.15) is 0 Å². The lowest BCUT2D eigenvalue weighted by Crippen LogP contribution is -2.14. The number of nitrogens with two attached hydrogens (primary N) is 1. The average molecular weight is 331 g/mol. The van der Waals surface area contributed by atoms with Gasteiger partial charge in [0.2, 0.25) is 0 Å². The van der Waals surface area contributed by atoms with Crippen molar-refractivity contribution in [2.75, 3.05) is 20.3 Å². The van der Waals surface area contributed by atoms with Gasteiger partial charge < -0.3 is 19.9 Å². The Labute approximate surface area is 142 Å². The Morgan fingerprint density at radius 1 is 0.957 bits per heavy atom. The smallest absolute Gasteiger partial charge is 0.133 e. The summed E-state index contributed by atoms with van der Waals surface area (Å²) in [5.41, 5.74) is 8.74. The molecule has 0 unspecified atom stereocenters. The Hall–Kier alpha value is -2.27. The van der Waals surface area contributed by atoms with Gasteiger partial charge in [-0.25, -0.2) is 0 Å². The minimum absolute atomic E-state index is 0.290. The normalized spacial score (nSPS) is 10.2. The van der Waals surface area contributed by atoms with Crippen LogP contribution in [0, 0.1) is 13.8 Å². The molecule has 122 valence electrons. The summed E-state index contributed by atoms with van der Waals surface area (Å²) < 4.78 is 16.7. The summed E-state index contributed by atoms with van der Waals surface area (Å²) in [6, 6.07) is 11.5. The number of rotatable bonds is 7. The Morgan fingerprint density at radius 2 is 1.61 bits per heavy atom. The van der Waals surface area contributed by atoms with E-state index < -0.39 is 0 Å². The molecule has 0 saturated heterocycles. The first-order valence-corrected chi connectivity index (χ1v) is 7.72. The standard InChI is InChI=1S/C18H21NO3S/c1-12-8-13(2)10-15(9-12)21-6-7-22-17-11-14(20-3)4-5-16(17)18(19)23/h4-5,8-11H,6-7H2,1-3H3,(H2,19,23). The fourth-order valence-electron chi connectivity index (χ4n) is 2.28. The summed E-state index contributed by atoms with van der Waals surface area (Å²) in [6.07, 6.45) is 0. The highest BCUT2D eigenvalue weighted by molar-refractivity contribution is 7.80. The quantitative estimate of drug-likeness (QED) is 0.622. The number of hydrogen-bond acceptors (Lipinski definition) is 4. The van der Waals surface area contributed by atoms with Gasteiger partial charge in [0.05, 0.1) is 12.7 Å². The van der Waals surface area contributed by atoms with Crippen LogP contribution < -0.4 is 19.9 Å². The van der Waals surface area contributed by atoms with Crippen molar-refractivity contribution < 1.29 is 14.2 Å². The fraction of sp³-hybridized carbons (Fsp3) is 0.278. The third kappa shape index (κ3) is 4.86.